The summed E-state index contributed by atoms with van der Waals surface area (Å²) >= 11 is 0. The molecule has 170 valence electrons. The van der Waals surface area contributed by atoms with Gasteiger partial charge in [-0.2, -0.15) is 0 Å². The number of amides is 2. The van der Waals surface area contributed by atoms with Crippen molar-refractivity contribution in [2.75, 3.05) is 26.2 Å². The highest BCUT2D eigenvalue weighted by molar-refractivity contribution is 5.92. The van der Waals surface area contributed by atoms with Crippen LogP contribution in [0.25, 0.3) is 0 Å². The Hall–Kier alpha value is -3.03. The van der Waals surface area contributed by atoms with Gasteiger partial charge in [0.15, 0.2) is 0 Å². The summed E-state index contributed by atoms with van der Waals surface area (Å²) in [5, 5.41) is 0. The monoisotopic (exact) mass is 437 g/mol. The molecule has 4 rings (SSSR count). The number of hydrogen-bond donors (Lipinski definition) is 1. The lowest BCUT2D eigenvalue weighted by Gasteiger charge is -2.34. The van der Waals surface area contributed by atoms with Crippen LogP contribution in [-0.2, 0) is 4.79 Å². The number of hydrogen-bond acceptors (Lipinski definition) is 5. The molecule has 0 aromatic carbocycles. The van der Waals surface area contributed by atoms with E-state index in [1.807, 2.05) is 29.7 Å². The van der Waals surface area contributed by atoms with Crippen LogP contribution in [0.5, 0.6) is 0 Å². The van der Waals surface area contributed by atoms with Crippen LogP contribution in [0.1, 0.15) is 73.4 Å². The third-order valence-corrected chi connectivity index (χ3v) is 6.48. The van der Waals surface area contributed by atoms with E-state index in [9.17, 15) is 14.4 Å². The maximum Gasteiger partial charge on any atom is 0.272 e. The molecular formula is C24H31N5O3. The molecule has 8 heteroatoms. The Bertz CT molecular complexity index is 1010. The summed E-state index contributed by atoms with van der Waals surface area (Å²) in [4.78, 5) is 53.2. The Morgan fingerprint density at radius 1 is 1.06 bits per heavy atom. The fraction of sp³-hybridized carbons (Fsp3) is 0.542. The van der Waals surface area contributed by atoms with Gasteiger partial charge in [-0.25, -0.2) is 4.98 Å². The maximum absolute atomic E-state index is 12.8. The molecular weight excluding hydrogens is 406 g/mol. The number of nitrogens with zero attached hydrogens (tertiary/aromatic N) is 4. The lowest BCUT2D eigenvalue weighted by Crippen LogP contribution is -2.41. The van der Waals surface area contributed by atoms with E-state index >= 15 is 0 Å². The van der Waals surface area contributed by atoms with E-state index in [0.29, 0.717) is 37.7 Å². The first kappa shape index (κ1) is 22.2. The Morgan fingerprint density at radius 2 is 1.84 bits per heavy atom. The molecule has 32 heavy (non-hydrogen) atoms. The van der Waals surface area contributed by atoms with Crippen LogP contribution in [0.2, 0.25) is 0 Å². The first-order chi connectivity index (χ1) is 15.4. The number of H-pyrrole nitrogens is 1. The van der Waals surface area contributed by atoms with E-state index in [-0.39, 0.29) is 35.1 Å². The van der Waals surface area contributed by atoms with Gasteiger partial charge in [-0.15, -0.1) is 0 Å². The van der Waals surface area contributed by atoms with Gasteiger partial charge in [-0.05, 0) is 37.8 Å². The Labute approximate surface area is 188 Å². The summed E-state index contributed by atoms with van der Waals surface area (Å²) in [6.07, 6.45) is 4.96. The number of piperidine rings is 2. The molecule has 0 saturated carbocycles. The predicted octanol–water partition coefficient (Wildman–Crippen LogP) is 2.55. The van der Waals surface area contributed by atoms with Crippen molar-refractivity contribution in [3.8, 4) is 0 Å². The van der Waals surface area contributed by atoms with Crippen molar-refractivity contribution in [1.82, 2.24) is 24.8 Å². The molecule has 0 radical (unpaired) electrons. The summed E-state index contributed by atoms with van der Waals surface area (Å²) in [7, 11) is 0. The number of pyridine rings is 1. The Balaban J connectivity index is 1.46. The van der Waals surface area contributed by atoms with Gasteiger partial charge in [0.25, 0.3) is 11.5 Å². The summed E-state index contributed by atoms with van der Waals surface area (Å²) < 4.78 is 0. The molecule has 0 spiro atoms. The Kier molecular flexibility index (Phi) is 6.67. The minimum Gasteiger partial charge on any atom is -0.342 e. The summed E-state index contributed by atoms with van der Waals surface area (Å²) in [5.74, 6) is 0.961. The number of carbonyl (C=O) groups excluding carboxylic acids is 2. The highest BCUT2D eigenvalue weighted by Gasteiger charge is 2.30. The number of carbonyl (C=O) groups is 2. The first-order valence-corrected chi connectivity index (χ1v) is 11.5. The molecule has 2 aromatic rings. The molecule has 2 fully saturated rings. The normalized spacial score (nSPS) is 19.9. The molecule has 2 saturated heterocycles. The van der Waals surface area contributed by atoms with Gasteiger partial charge >= 0.3 is 0 Å². The molecule has 8 nitrogen and oxygen atoms in total. The largest absolute Gasteiger partial charge is 0.342 e. The lowest BCUT2D eigenvalue weighted by molar-refractivity contribution is -0.135. The zero-order chi connectivity index (χ0) is 22.7. The van der Waals surface area contributed by atoms with Gasteiger partial charge in [0.1, 0.15) is 11.5 Å². The van der Waals surface area contributed by atoms with E-state index in [2.05, 4.69) is 9.97 Å². The minimum absolute atomic E-state index is 0.00384. The van der Waals surface area contributed by atoms with Crippen molar-refractivity contribution >= 4 is 11.8 Å². The zero-order valence-electron chi connectivity index (χ0n) is 18.8. The first-order valence-electron chi connectivity index (χ1n) is 11.5. The topological polar surface area (TPSA) is 99.3 Å². The van der Waals surface area contributed by atoms with Crippen LogP contribution in [-0.4, -0.2) is 62.7 Å². The molecule has 2 aliphatic heterocycles. The fourth-order valence-corrected chi connectivity index (χ4v) is 4.69. The van der Waals surface area contributed by atoms with E-state index in [1.54, 1.807) is 24.4 Å². The number of aromatic amines is 1. The summed E-state index contributed by atoms with van der Waals surface area (Å²) in [6, 6.07) is 6.90. The van der Waals surface area contributed by atoms with E-state index in [0.717, 1.165) is 31.4 Å². The summed E-state index contributed by atoms with van der Waals surface area (Å²) in [5.41, 5.74) is 1.04. The number of nitrogens with one attached hydrogen (secondary N) is 1. The second-order valence-corrected chi connectivity index (χ2v) is 9.12. The van der Waals surface area contributed by atoms with Gasteiger partial charge in [0.2, 0.25) is 5.91 Å². The van der Waals surface area contributed by atoms with E-state index in [1.165, 1.54) is 0 Å². The third-order valence-electron chi connectivity index (χ3n) is 6.48. The van der Waals surface area contributed by atoms with E-state index in [4.69, 9.17) is 4.98 Å². The maximum atomic E-state index is 12.8. The molecule has 2 amide bonds. The lowest BCUT2D eigenvalue weighted by atomic mass is 9.92. The van der Waals surface area contributed by atoms with Gasteiger partial charge < -0.3 is 14.8 Å². The van der Waals surface area contributed by atoms with Gasteiger partial charge in [-0.3, -0.25) is 19.4 Å². The van der Waals surface area contributed by atoms with Crippen LogP contribution >= 0.6 is 0 Å². The SMILES string of the molecule is CC(C)C(=O)N1CCC(c2nc([C@@H]3CCCN(C(=O)c4ccccn4)C3)cc(=O)[nH]2)CC1. The molecule has 0 aliphatic carbocycles. The smallest absolute Gasteiger partial charge is 0.272 e. The minimum atomic E-state index is -0.154. The van der Waals surface area contributed by atoms with Gasteiger partial charge in [0.05, 0.1) is 5.69 Å². The molecule has 1 atom stereocenters. The molecule has 4 heterocycles. The van der Waals surface area contributed by atoms with Crippen molar-refractivity contribution in [3.63, 3.8) is 0 Å². The molecule has 0 bridgehead atoms. The number of rotatable bonds is 4. The van der Waals surface area contributed by atoms with Gasteiger partial charge in [-0.1, -0.05) is 19.9 Å². The third kappa shape index (κ3) is 4.89. The highest BCUT2D eigenvalue weighted by Crippen LogP contribution is 2.29. The Morgan fingerprint density at radius 3 is 2.53 bits per heavy atom. The highest BCUT2D eigenvalue weighted by atomic mass is 16.2. The molecule has 2 aliphatic rings. The van der Waals surface area contributed by atoms with E-state index < -0.39 is 0 Å². The van der Waals surface area contributed by atoms with Crippen LogP contribution in [0.3, 0.4) is 0 Å². The van der Waals surface area contributed by atoms with Crippen molar-refractivity contribution < 1.29 is 9.59 Å². The van der Waals surface area contributed by atoms with Crippen LogP contribution < -0.4 is 5.56 Å². The van der Waals surface area contributed by atoms with Crippen molar-refractivity contribution in [2.24, 2.45) is 5.92 Å². The zero-order valence-corrected chi connectivity index (χ0v) is 18.8. The van der Waals surface area contributed by atoms with Crippen molar-refractivity contribution in [3.05, 3.63) is 58.0 Å². The van der Waals surface area contributed by atoms with Gasteiger partial charge in [0, 0.05) is 56.2 Å². The standard InChI is InChI=1S/C24H31N5O3/c1-16(2)23(31)28-12-8-17(9-13-28)22-26-20(14-21(30)27-22)18-6-5-11-29(15-18)24(32)19-7-3-4-10-25-19/h3-4,7,10,14,16-18H,5-6,8-9,11-13,15H2,1-2H3,(H,26,27,30)/t18-/m1/s1. The van der Waals surface area contributed by atoms with Crippen molar-refractivity contribution in [1.29, 1.82) is 0 Å². The molecule has 1 N–H and O–H groups in total. The summed E-state index contributed by atoms with van der Waals surface area (Å²) in [6.45, 7) is 6.43. The van der Waals surface area contributed by atoms with Crippen molar-refractivity contribution in [2.45, 2.75) is 51.4 Å². The van der Waals surface area contributed by atoms with Crippen LogP contribution in [0.4, 0.5) is 0 Å². The number of likely N-dealkylation sites (tertiary alicyclic amines) is 2. The predicted molar refractivity (Wildman–Crippen MR) is 120 cm³/mol. The van der Waals surface area contributed by atoms with Crippen LogP contribution in [0.15, 0.2) is 35.3 Å². The second-order valence-electron chi connectivity index (χ2n) is 9.12. The quantitative estimate of drug-likeness (QED) is 0.792. The molecule has 0 unspecified atom stereocenters. The molecule has 2 aromatic heterocycles. The fourth-order valence-electron chi connectivity index (χ4n) is 4.69. The number of aromatic nitrogens is 3. The second kappa shape index (κ2) is 9.63. The average Bonchev–Trinajstić information content (AvgIpc) is 2.83. The van der Waals surface area contributed by atoms with Crippen LogP contribution in [0, 0.1) is 5.92 Å². The average molecular weight is 438 g/mol.